The Bertz CT molecular complexity index is 139. The summed E-state index contributed by atoms with van der Waals surface area (Å²) in [7, 11) is 5.93. The van der Waals surface area contributed by atoms with E-state index in [1.165, 1.54) is 0 Å². The molecule has 0 aliphatic rings. The van der Waals surface area contributed by atoms with Gasteiger partial charge in [0.2, 0.25) is 0 Å². The van der Waals surface area contributed by atoms with Crippen molar-refractivity contribution < 1.29 is 4.74 Å². The van der Waals surface area contributed by atoms with E-state index in [4.69, 9.17) is 4.74 Å². The molecule has 0 fully saturated rings. The molecule has 0 heterocycles. The predicted octanol–water partition coefficient (Wildman–Crippen LogP) is 1.20. The number of methoxy groups -OCH3 is 1. The van der Waals surface area contributed by atoms with Gasteiger partial charge in [0.15, 0.2) is 0 Å². The maximum absolute atomic E-state index is 5.14. The van der Waals surface area contributed by atoms with Crippen molar-refractivity contribution in [1.29, 1.82) is 0 Å². The van der Waals surface area contributed by atoms with Crippen molar-refractivity contribution in [3.05, 3.63) is 0 Å². The Morgan fingerprint density at radius 2 is 1.86 bits per heavy atom. The molecule has 3 heteroatoms. The first-order valence-electron chi connectivity index (χ1n) is 5.39. The van der Waals surface area contributed by atoms with E-state index < -0.39 is 0 Å². The second-order valence-corrected chi connectivity index (χ2v) is 4.38. The molecule has 0 aromatic heterocycles. The second kappa shape index (κ2) is 7.21. The van der Waals surface area contributed by atoms with Crippen molar-refractivity contribution in [3.8, 4) is 0 Å². The fourth-order valence-electron chi connectivity index (χ4n) is 1.49. The van der Waals surface area contributed by atoms with Crippen molar-refractivity contribution in [2.75, 3.05) is 34.4 Å². The van der Waals surface area contributed by atoms with Gasteiger partial charge in [-0.15, -0.1) is 0 Å². The fourth-order valence-corrected chi connectivity index (χ4v) is 1.49. The van der Waals surface area contributed by atoms with Crippen LogP contribution in [0, 0.1) is 5.92 Å². The van der Waals surface area contributed by atoms with E-state index in [-0.39, 0.29) is 0 Å². The molecular formula is C11H26N2O. The van der Waals surface area contributed by atoms with Crippen molar-refractivity contribution in [2.45, 2.75) is 32.9 Å². The quantitative estimate of drug-likeness (QED) is 0.671. The summed E-state index contributed by atoms with van der Waals surface area (Å²) in [6.45, 7) is 8.55. The average Bonchev–Trinajstić information content (AvgIpc) is 2.13. The SMILES string of the molecule is CNC(CN(C)C(C)COC)C(C)C. The highest BCUT2D eigenvalue weighted by atomic mass is 16.5. The third-order valence-corrected chi connectivity index (χ3v) is 2.82. The molecule has 2 unspecified atom stereocenters. The molecule has 0 bridgehead atoms. The highest BCUT2D eigenvalue weighted by Crippen LogP contribution is 2.05. The van der Waals surface area contributed by atoms with E-state index in [2.05, 4.69) is 38.0 Å². The standard InChI is InChI=1S/C11H26N2O/c1-9(2)11(12-4)7-13(5)10(3)8-14-6/h9-12H,7-8H2,1-6H3. The molecule has 0 aliphatic heterocycles. The molecule has 0 aromatic rings. The molecule has 0 saturated heterocycles. The van der Waals surface area contributed by atoms with E-state index in [9.17, 15) is 0 Å². The molecule has 1 N–H and O–H groups in total. The van der Waals surface area contributed by atoms with Crippen LogP contribution >= 0.6 is 0 Å². The van der Waals surface area contributed by atoms with Gasteiger partial charge < -0.3 is 10.1 Å². The first kappa shape index (κ1) is 13.9. The Morgan fingerprint density at radius 1 is 1.29 bits per heavy atom. The lowest BCUT2D eigenvalue weighted by molar-refractivity contribution is 0.106. The number of hydrogen-bond acceptors (Lipinski definition) is 3. The molecule has 0 aromatic carbocycles. The van der Waals surface area contributed by atoms with Crippen LogP contribution in [0.3, 0.4) is 0 Å². The predicted molar refractivity (Wildman–Crippen MR) is 61.7 cm³/mol. The van der Waals surface area contributed by atoms with Crippen LogP contribution in [-0.4, -0.2) is 51.3 Å². The highest BCUT2D eigenvalue weighted by molar-refractivity contribution is 4.74. The van der Waals surface area contributed by atoms with Gasteiger partial charge >= 0.3 is 0 Å². The van der Waals surface area contributed by atoms with Crippen LogP contribution < -0.4 is 5.32 Å². The number of rotatable bonds is 7. The zero-order chi connectivity index (χ0) is 11.1. The molecule has 14 heavy (non-hydrogen) atoms. The third kappa shape index (κ3) is 4.94. The summed E-state index contributed by atoms with van der Waals surface area (Å²) in [4.78, 5) is 2.34. The van der Waals surface area contributed by atoms with Crippen molar-refractivity contribution >= 4 is 0 Å². The maximum Gasteiger partial charge on any atom is 0.0615 e. The van der Waals surface area contributed by atoms with E-state index in [0.717, 1.165) is 13.2 Å². The van der Waals surface area contributed by atoms with Crippen LogP contribution in [0.4, 0.5) is 0 Å². The Labute approximate surface area is 88.8 Å². The van der Waals surface area contributed by atoms with Crippen molar-refractivity contribution in [3.63, 3.8) is 0 Å². The minimum absolute atomic E-state index is 0.481. The van der Waals surface area contributed by atoms with Crippen molar-refractivity contribution in [1.82, 2.24) is 10.2 Å². The van der Waals surface area contributed by atoms with Gasteiger partial charge in [-0.05, 0) is 26.9 Å². The highest BCUT2D eigenvalue weighted by Gasteiger charge is 2.16. The van der Waals surface area contributed by atoms with Gasteiger partial charge in [0, 0.05) is 25.7 Å². The molecule has 0 amide bonds. The Balaban J connectivity index is 3.94. The van der Waals surface area contributed by atoms with Crippen LogP contribution in [-0.2, 0) is 4.74 Å². The number of ether oxygens (including phenoxy) is 1. The summed E-state index contributed by atoms with van der Waals surface area (Å²) in [5, 5.41) is 3.35. The number of nitrogens with one attached hydrogen (secondary N) is 1. The average molecular weight is 202 g/mol. The van der Waals surface area contributed by atoms with E-state index >= 15 is 0 Å². The molecule has 0 radical (unpaired) electrons. The van der Waals surface area contributed by atoms with E-state index in [0.29, 0.717) is 18.0 Å². The third-order valence-electron chi connectivity index (χ3n) is 2.82. The van der Waals surface area contributed by atoms with Crippen LogP contribution in [0.5, 0.6) is 0 Å². The van der Waals surface area contributed by atoms with Crippen LogP contribution in [0.15, 0.2) is 0 Å². The summed E-state index contributed by atoms with van der Waals surface area (Å²) in [5.41, 5.74) is 0. The first-order chi connectivity index (χ1) is 6.52. The fraction of sp³-hybridized carbons (Fsp3) is 1.00. The minimum atomic E-state index is 0.481. The van der Waals surface area contributed by atoms with Gasteiger partial charge in [-0.1, -0.05) is 13.8 Å². The van der Waals surface area contributed by atoms with Crippen LogP contribution in [0.25, 0.3) is 0 Å². The monoisotopic (exact) mass is 202 g/mol. The molecule has 2 atom stereocenters. The van der Waals surface area contributed by atoms with Gasteiger partial charge in [-0.2, -0.15) is 0 Å². The molecule has 3 nitrogen and oxygen atoms in total. The van der Waals surface area contributed by atoms with Gasteiger partial charge in [0.05, 0.1) is 6.61 Å². The normalized spacial score (nSPS) is 16.3. The molecule has 0 saturated carbocycles. The van der Waals surface area contributed by atoms with Gasteiger partial charge in [0.25, 0.3) is 0 Å². The minimum Gasteiger partial charge on any atom is -0.383 e. The second-order valence-electron chi connectivity index (χ2n) is 4.38. The first-order valence-corrected chi connectivity index (χ1v) is 5.39. The lowest BCUT2D eigenvalue weighted by atomic mass is 10.0. The summed E-state index contributed by atoms with van der Waals surface area (Å²) >= 11 is 0. The summed E-state index contributed by atoms with van der Waals surface area (Å²) in [6.07, 6.45) is 0. The smallest absolute Gasteiger partial charge is 0.0615 e. The number of likely N-dealkylation sites (N-methyl/N-ethyl adjacent to an activating group) is 2. The molecule has 0 rings (SSSR count). The Kier molecular flexibility index (Phi) is 7.15. The van der Waals surface area contributed by atoms with Gasteiger partial charge in [0.1, 0.15) is 0 Å². The zero-order valence-corrected chi connectivity index (χ0v) is 10.5. The lowest BCUT2D eigenvalue weighted by Gasteiger charge is -2.30. The lowest BCUT2D eigenvalue weighted by Crippen LogP contribution is -2.45. The summed E-state index contributed by atoms with van der Waals surface area (Å²) in [5.74, 6) is 0.664. The molecule has 0 spiro atoms. The zero-order valence-electron chi connectivity index (χ0n) is 10.5. The molecular weight excluding hydrogens is 176 g/mol. The number of nitrogens with zero attached hydrogens (tertiary/aromatic N) is 1. The summed E-state index contributed by atoms with van der Waals surface area (Å²) < 4.78 is 5.14. The van der Waals surface area contributed by atoms with Crippen LogP contribution in [0.1, 0.15) is 20.8 Å². The van der Waals surface area contributed by atoms with E-state index in [1.54, 1.807) is 7.11 Å². The number of hydrogen-bond donors (Lipinski definition) is 1. The molecule has 0 aliphatic carbocycles. The van der Waals surface area contributed by atoms with Crippen molar-refractivity contribution in [2.24, 2.45) is 5.92 Å². The largest absolute Gasteiger partial charge is 0.383 e. The van der Waals surface area contributed by atoms with Gasteiger partial charge in [-0.3, -0.25) is 4.90 Å². The van der Waals surface area contributed by atoms with Gasteiger partial charge in [-0.25, -0.2) is 0 Å². The van der Waals surface area contributed by atoms with Crippen LogP contribution in [0.2, 0.25) is 0 Å². The maximum atomic E-state index is 5.14. The Hall–Kier alpha value is -0.120. The molecule has 86 valence electrons. The summed E-state index contributed by atoms with van der Waals surface area (Å²) in [6, 6.07) is 1.04. The van der Waals surface area contributed by atoms with E-state index in [1.807, 2.05) is 7.05 Å². The topological polar surface area (TPSA) is 24.5 Å². The Morgan fingerprint density at radius 3 is 2.21 bits per heavy atom.